The zero-order valence-corrected chi connectivity index (χ0v) is 12.7. The molecule has 2 N–H and O–H groups in total. The highest BCUT2D eigenvalue weighted by Gasteiger charge is 2.26. The molecule has 0 spiro atoms. The molecule has 1 aliphatic carbocycles. The van der Waals surface area contributed by atoms with Crippen LogP contribution < -0.4 is 10.1 Å². The van der Waals surface area contributed by atoms with Gasteiger partial charge in [0.25, 0.3) is 5.91 Å². The summed E-state index contributed by atoms with van der Waals surface area (Å²) in [4.78, 5) is 12.1. The molecule has 1 saturated carbocycles. The number of thioether (sulfide) groups is 1. The number of aromatic hydroxyl groups is 1. The molecule has 2 atom stereocenters. The number of phenols is 1. The van der Waals surface area contributed by atoms with Crippen molar-refractivity contribution in [2.45, 2.75) is 37.5 Å². The Morgan fingerprint density at radius 2 is 2.30 bits per heavy atom. The Morgan fingerprint density at radius 1 is 1.50 bits per heavy atom. The van der Waals surface area contributed by atoms with Gasteiger partial charge in [0, 0.05) is 16.9 Å². The van der Waals surface area contributed by atoms with Gasteiger partial charge in [-0.1, -0.05) is 6.92 Å². The SMILES string of the molecule is CCSC1CCC(NC(=O)c2ccc(OC)c(O)c2)C1. The molecule has 0 saturated heterocycles. The molecule has 2 rings (SSSR count). The molecule has 1 fully saturated rings. The van der Waals surface area contributed by atoms with E-state index in [9.17, 15) is 9.90 Å². The second kappa shape index (κ2) is 6.88. The number of phenolic OH excluding ortho intramolecular Hbond substituents is 1. The number of hydrogen-bond acceptors (Lipinski definition) is 4. The first kappa shape index (κ1) is 15.0. The second-order valence-electron chi connectivity index (χ2n) is 4.95. The largest absolute Gasteiger partial charge is 0.504 e. The molecule has 110 valence electrons. The summed E-state index contributed by atoms with van der Waals surface area (Å²) < 4.78 is 4.97. The zero-order chi connectivity index (χ0) is 14.5. The molecule has 1 aromatic rings. The first-order valence-electron chi connectivity index (χ1n) is 6.93. The fourth-order valence-corrected chi connectivity index (χ4v) is 3.70. The van der Waals surface area contributed by atoms with E-state index in [0.29, 0.717) is 16.6 Å². The van der Waals surface area contributed by atoms with Crippen molar-refractivity contribution in [3.05, 3.63) is 23.8 Å². The first-order valence-corrected chi connectivity index (χ1v) is 7.98. The second-order valence-corrected chi connectivity index (χ2v) is 6.52. The Bertz CT molecular complexity index is 478. The van der Waals surface area contributed by atoms with E-state index in [-0.39, 0.29) is 17.7 Å². The summed E-state index contributed by atoms with van der Waals surface area (Å²) in [7, 11) is 1.48. The van der Waals surface area contributed by atoms with Crippen molar-refractivity contribution in [2.75, 3.05) is 12.9 Å². The summed E-state index contributed by atoms with van der Waals surface area (Å²) in [6, 6.07) is 4.97. The van der Waals surface area contributed by atoms with E-state index >= 15 is 0 Å². The zero-order valence-electron chi connectivity index (χ0n) is 11.9. The third kappa shape index (κ3) is 3.60. The van der Waals surface area contributed by atoms with Crippen LogP contribution in [0.5, 0.6) is 11.5 Å². The highest BCUT2D eigenvalue weighted by Crippen LogP contribution is 2.30. The van der Waals surface area contributed by atoms with Crippen molar-refractivity contribution >= 4 is 17.7 Å². The predicted octanol–water partition coefficient (Wildman–Crippen LogP) is 2.80. The monoisotopic (exact) mass is 295 g/mol. The number of hydrogen-bond donors (Lipinski definition) is 2. The van der Waals surface area contributed by atoms with Crippen LogP contribution in [0.2, 0.25) is 0 Å². The fraction of sp³-hybridized carbons (Fsp3) is 0.533. The van der Waals surface area contributed by atoms with Gasteiger partial charge in [-0.05, 0) is 43.2 Å². The number of benzene rings is 1. The van der Waals surface area contributed by atoms with E-state index in [1.165, 1.54) is 13.2 Å². The van der Waals surface area contributed by atoms with Gasteiger partial charge < -0.3 is 15.2 Å². The molecule has 1 aliphatic rings. The minimum absolute atomic E-state index is 0.00835. The van der Waals surface area contributed by atoms with Gasteiger partial charge in [0.15, 0.2) is 11.5 Å². The Labute approximate surface area is 123 Å². The molecule has 1 amide bonds. The highest BCUT2D eigenvalue weighted by molar-refractivity contribution is 7.99. The normalized spacial score (nSPS) is 21.7. The van der Waals surface area contributed by atoms with Crippen LogP contribution in [0.4, 0.5) is 0 Å². The average molecular weight is 295 g/mol. The summed E-state index contributed by atoms with van der Waals surface area (Å²) in [5.74, 6) is 1.36. The van der Waals surface area contributed by atoms with Crippen LogP contribution >= 0.6 is 11.8 Å². The molecule has 20 heavy (non-hydrogen) atoms. The number of carbonyl (C=O) groups excluding carboxylic acids is 1. The number of amides is 1. The van der Waals surface area contributed by atoms with Gasteiger partial charge in [-0.3, -0.25) is 4.79 Å². The molecule has 0 heterocycles. The first-order chi connectivity index (χ1) is 9.63. The molecular formula is C15H21NO3S. The third-order valence-corrected chi connectivity index (χ3v) is 4.80. The van der Waals surface area contributed by atoms with Gasteiger partial charge in [-0.25, -0.2) is 0 Å². The van der Waals surface area contributed by atoms with E-state index in [1.807, 2.05) is 11.8 Å². The maximum Gasteiger partial charge on any atom is 0.251 e. The minimum atomic E-state index is -0.130. The van der Waals surface area contributed by atoms with Gasteiger partial charge in [0.1, 0.15) is 0 Å². The minimum Gasteiger partial charge on any atom is -0.504 e. The Morgan fingerprint density at radius 3 is 2.95 bits per heavy atom. The molecular weight excluding hydrogens is 274 g/mol. The number of ether oxygens (including phenoxy) is 1. The standard InChI is InChI=1S/C15H21NO3S/c1-3-20-12-6-5-11(9-12)16-15(18)10-4-7-14(19-2)13(17)8-10/h4,7-8,11-12,17H,3,5-6,9H2,1-2H3,(H,16,18). The van der Waals surface area contributed by atoms with Crippen LogP contribution in [0.25, 0.3) is 0 Å². The molecule has 0 bridgehead atoms. The van der Waals surface area contributed by atoms with Crippen LogP contribution in [0.1, 0.15) is 36.5 Å². The summed E-state index contributed by atoms with van der Waals surface area (Å²) >= 11 is 1.97. The number of methoxy groups -OCH3 is 1. The summed E-state index contributed by atoms with van der Waals surface area (Å²) in [6.45, 7) is 2.16. The summed E-state index contributed by atoms with van der Waals surface area (Å²) in [6.07, 6.45) is 3.23. The van der Waals surface area contributed by atoms with Gasteiger partial charge in [-0.15, -0.1) is 0 Å². The Balaban J connectivity index is 1.94. The maximum absolute atomic E-state index is 12.1. The molecule has 5 heteroatoms. The van der Waals surface area contributed by atoms with Crippen molar-refractivity contribution in [1.29, 1.82) is 0 Å². The van der Waals surface area contributed by atoms with Gasteiger partial charge in [0.05, 0.1) is 7.11 Å². The molecule has 0 radical (unpaired) electrons. The maximum atomic E-state index is 12.1. The lowest BCUT2D eigenvalue weighted by Gasteiger charge is -2.13. The van der Waals surface area contributed by atoms with E-state index in [1.54, 1.807) is 12.1 Å². The highest BCUT2D eigenvalue weighted by atomic mass is 32.2. The lowest BCUT2D eigenvalue weighted by Crippen LogP contribution is -2.33. The van der Waals surface area contributed by atoms with Crippen LogP contribution in [0.15, 0.2) is 18.2 Å². The van der Waals surface area contributed by atoms with Crippen molar-refractivity contribution in [1.82, 2.24) is 5.32 Å². The topological polar surface area (TPSA) is 58.6 Å². The van der Waals surface area contributed by atoms with Gasteiger partial charge >= 0.3 is 0 Å². The van der Waals surface area contributed by atoms with Crippen LogP contribution in [-0.2, 0) is 0 Å². The van der Waals surface area contributed by atoms with Crippen LogP contribution in [0, 0.1) is 0 Å². The molecule has 4 nitrogen and oxygen atoms in total. The van der Waals surface area contributed by atoms with Gasteiger partial charge in [-0.2, -0.15) is 11.8 Å². The van der Waals surface area contributed by atoms with Crippen LogP contribution in [-0.4, -0.2) is 35.2 Å². The Kier molecular flexibility index (Phi) is 5.17. The van der Waals surface area contributed by atoms with Crippen LogP contribution in [0.3, 0.4) is 0 Å². The lowest BCUT2D eigenvalue weighted by molar-refractivity contribution is 0.0937. The molecule has 0 aromatic heterocycles. The van der Waals surface area contributed by atoms with E-state index < -0.39 is 0 Å². The van der Waals surface area contributed by atoms with Crippen molar-refractivity contribution in [3.63, 3.8) is 0 Å². The Hall–Kier alpha value is -1.36. The predicted molar refractivity (Wildman–Crippen MR) is 81.7 cm³/mol. The summed E-state index contributed by atoms with van der Waals surface area (Å²) in [5.41, 5.74) is 0.467. The van der Waals surface area contributed by atoms with Gasteiger partial charge in [0.2, 0.25) is 0 Å². The quantitative estimate of drug-likeness (QED) is 0.877. The van der Waals surface area contributed by atoms with Crippen molar-refractivity contribution < 1.29 is 14.6 Å². The number of rotatable bonds is 5. The average Bonchev–Trinajstić information content (AvgIpc) is 2.86. The van der Waals surface area contributed by atoms with E-state index in [4.69, 9.17) is 4.74 Å². The lowest BCUT2D eigenvalue weighted by atomic mass is 10.1. The molecule has 0 aliphatic heterocycles. The van der Waals surface area contributed by atoms with E-state index in [0.717, 1.165) is 25.0 Å². The van der Waals surface area contributed by atoms with Crippen molar-refractivity contribution in [3.8, 4) is 11.5 Å². The third-order valence-electron chi connectivity index (χ3n) is 3.56. The molecule has 1 aromatic carbocycles. The number of nitrogens with one attached hydrogen (secondary N) is 1. The van der Waals surface area contributed by atoms with Crippen molar-refractivity contribution in [2.24, 2.45) is 0 Å². The smallest absolute Gasteiger partial charge is 0.251 e. The van der Waals surface area contributed by atoms with E-state index in [2.05, 4.69) is 12.2 Å². The fourth-order valence-electron chi connectivity index (χ4n) is 2.56. The number of carbonyl (C=O) groups is 1. The molecule has 2 unspecified atom stereocenters. The summed E-state index contributed by atoms with van der Waals surface area (Å²) in [5, 5.41) is 13.4.